The van der Waals surface area contributed by atoms with Crippen LogP contribution < -0.4 is 0 Å². The summed E-state index contributed by atoms with van der Waals surface area (Å²) in [4.78, 5) is 38.1. The van der Waals surface area contributed by atoms with Gasteiger partial charge in [-0.3, -0.25) is 14.4 Å². The minimum atomic E-state index is -0.793. The van der Waals surface area contributed by atoms with Crippen LogP contribution in [-0.2, 0) is 28.6 Å². The lowest BCUT2D eigenvalue weighted by molar-refractivity contribution is -0.167. The molecule has 0 aromatic carbocycles. The van der Waals surface area contributed by atoms with Gasteiger partial charge in [0.05, 0.1) is 0 Å². The molecule has 0 fully saturated rings. The molecule has 65 heavy (non-hydrogen) atoms. The van der Waals surface area contributed by atoms with Gasteiger partial charge in [-0.25, -0.2) is 0 Å². The topological polar surface area (TPSA) is 78.9 Å². The third kappa shape index (κ3) is 51.9. The van der Waals surface area contributed by atoms with Gasteiger partial charge in [-0.15, -0.1) is 0 Å². The van der Waals surface area contributed by atoms with Crippen LogP contribution in [0.1, 0.15) is 278 Å². The smallest absolute Gasteiger partial charge is 0.306 e. The first-order valence-corrected chi connectivity index (χ1v) is 27.8. The largest absolute Gasteiger partial charge is 0.462 e. The number of carbonyl (C=O) groups excluding carboxylic acids is 3. The molecule has 1 atom stereocenters. The van der Waals surface area contributed by atoms with Gasteiger partial charge in [0.15, 0.2) is 6.10 Å². The molecule has 0 aromatic rings. The Bertz CT molecular complexity index is 1180. The molecule has 0 unspecified atom stereocenters. The summed E-state index contributed by atoms with van der Waals surface area (Å²) >= 11 is 0. The van der Waals surface area contributed by atoms with E-state index in [4.69, 9.17) is 14.2 Å². The lowest BCUT2D eigenvalue weighted by Crippen LogP contribution is -2.30. The van der Waals surface area contributed by atoms with E-state index < -0.39 is 6.10 Å². The second-order valence-electron chi connectivity index (χ2n) is 18.5. The van der Waals surface area contributed by atoms with Crippen molar-refractivity contribution in [1.29, 1.82) is 0 Å². The number of unbranched alkanes of at least 4 members (excludes halogenated alkanes) is 29. The molecule has 6 nitrogen and oxygen atoms in total. The van der Waals surface area contributed by atoms with Gasteiger partial charge in [0.25, 0.3) is 0 Å². The predicted molar refractivity (Wildman–Crippen MR) is 279 cm³/mol. The highest BCUT2D eigenvalue weighted by Gasteiger charge is 2.19. The van der Waals surface area contributed by atoms with Gasteiger partial charge < -0.3 is 14.2 Å². The minimum absolute atomic E-state index is 0.0907. The second kappa shape index (κ2) is 53.7. The number of ether oxygens (including phenoxy) is 3. The molecule has 376 valence electrons. The molecule has 0 aliphatic heterocycles. The fourth-order valence-electron chi connectivity index (χ4n) is 7.73. The monoisotopic (exact) mass is 909 g/mol. The highest BCUT2D eigenvalue weighted by molar-refractivity contribution is 5.71. The van der Waals surface area contributed by atoms with Crippen molar-refractivity contribution in [2.75, 3.05) is 13.2 Å². The molecule has 0 heterocycles. The summed E-state index contributed by atoms with van der Waals surface area (Å²) in [5.74, 6) is -0.933. The molecule has 0 amide bonds. The fourth-order valence-corrected chi connectivity index (χ4v) is 7.73. The summed E-state index contributed by atoms with van der Waals surface area (Å²) in [6, 6.07) is 0. The Morgan fingerprint density at radius 1 is 0.308 bits per heavy atom. The quantitative estimate of drug-likeness (QED) is 0.0262. The Kier molecular flexibility index (Phi) is 51.3. The van der Waals surface area contributed by atoms with Crippen LogP contribution in [0.5, 0.6) is 0 Å². The van der Waals surface area contributed by atoms with Crippen LogP contribution in [0, 0.1) is 0 Å². The highest BCUT2D eigenvalue weighted by Crippen LogP contribution is 2.15. The zero-order valence-electron chi connectivity index (χ0n) is 43.0. The van der Waals surface area contributed by atoms with Crippen molar-refractivity contribution in [3.63, 3.8) is 0 Å². The Balaban J connectivity index is 4.41. The molecule has 0 bridgehead atoms. The summed E-state index contributed by atoms with van der Waals surface area (Å²) in [5, 5.41) is 0. The SMILES string of the molecule is CCCCC/C=C\C/C=C\C/C=C\CCCCC(=O)OC[C@H](COC(=O)CCCCCCC/C=C\CCCCCC)OC(=O)CCCCCCCCCCC/C=C\CCCCCCCC. The zero-order chi connectivity index (χ0) is 47.2. The maximum atomic E-state index is 12.8. The Morgan fingerprint density at radius 2 is 0.554 bits per heavy atom. The van der Waals surface area contributed by atoms with Crippen molar-refractivity contribution in [2.45, 2.75) is 284 Å². The molecular formula is C59H104O6. The molecule has 0 spiro atoms. The first-order valence-electron chi connectivity index (χ1n) is 27.8. The van der Waals surface area contributed by atoms with Crippen LogP contribution in [0.3, 0.4) is 0 Å². The molecule has 0 aliphatic carbocycles. The van der Waals surface area contributed by atoms with E-state index >= 15 is 0 Å². The van der Waals surface area contributed by atoms with Crippen molar-refractivity contribution >= 4 is 17.9 Å². The summed E-state index contributed by atoms with van der Waals surface area (Å²) in [6.07, 6.45) is 66.4. The Hall–Kier alpha value is -2.89. The van der Waals surface area contributed by atoms with Gasteiger partial charge in [-0.2, -0.15) is 0 Å². The molecule has 0 aromatic heterocycles. The molecule has 0 rings (SSSR count). The summed E-state index contributed by atoms with van der Waals surface area (Å²) < 4.78 is 16.8. The van der Waals surface area contributed by atoms with Crippen molar-refractivity contribution in [2.24, 2.45) is 0 Å². The first kappa shape index (κ1) is 62.1. The average molecular weight is 909 g/mol. The molecule has 0 radical (unpaired) electrons. The van der Waals surface area contributed by atoms with Crippen LogP contribution in [0.2, 0.25) is 0 Å². The number of carbonyl (C=O) groups is 3. The summed E-state index contributed by atoms with van der Waals surface area (Å²) in [7, 11) is 0. The van der Waals surface area contributed by atoms with Gasteiger partial charge in [0.1, 0.15) is 13.2 Å². The predicted octanol–water partition coefficient (Wildman–Crippen LogP) is 18.4. The Labute approximate surface area is 402 Å². The van der Waals surface area contributed by atoms with Crippen LogP contribution in [-0.4, -0.2) is 37.2 Å². The summed E-state index contributed by atoms with van der Waals surface area (Å²) in [6.45, 7) is 6.56. The molecule has 0 saturated carbocycles. The summed E-state index contributed by atoms with van der Waals surface area (Å²) in [5.41, 5.74) is 0. The van der Waals surface area contributed by atoms with E-state index in [-0.39, 0.29) is 31.1 Å². The van der Waals surface area contributed by atoms with Gasteiger partial charge in [0, 0.05) is 19.3 Å². The maximum Gasteiger partial charge on any atom is 0.306 e. The van der Waals surface area contributed by atoms with E-state index in [0.717, 1.165) is 77.0 Å². The zero-order valence-corrected chi connectivity index (χ0v) is 43.0. The highest BCUT2D eigenvalue weighted by atomic mass is 16.6. The van der Waals surface area contributed by atoms with Gasteiger partial charge >= 0.3 is 17.9 Å². The Morgan fingerprint density at radius 3 is 0.954 bits per heavy atom. The lowest BCUT2D eigenvalue weighted by atomic mass is 10.1. The van der Waals surface area contributed by atoms with E-state index in [2.05, 4.69) is 81.5 Å². The number of allylic oxidation sites excluding steroid dienone is 10. The van der Waals surface area contributed by atoms with Gasteiger partial charge in [-0.05, 0) is 109 Å². The van der Waals surface area contributed by atoms with Crippen LogP contribution in [0.15, 0.2) is 60.8 Å². The number of rotatable bonds is 50. The molecule has 0 saturated heterocycles. The van der Waals surface area contributed by atoms with Crippen LogP contribution >= 0.6 is 0 Å². The van der Waals surface area contributed by atoms with E-state index in [9.17, 15) is 14.4 Å². The van der Waals surface area contributed by atoms with Crippen molar-refractivity contribution < 1.29 is 28.6 Å². The second-order valence-corrected chi connectivity index (χ2v) is 18.5. The molecule has 0 N–H and O–H groups in total. The van der Waals surface area contributed by atoms with Gasteiger partial charge in [0.2, 0.25) is 0 Å². The van der Waals surface area contributed by atoms with E-state index in [0.29, 0.717) is 19.3 Å². The van der Waals surface area contributed by atoms with Crippen molar-refractivity contribution in [1.82, 2.24) is 0 Å². The van der Waals surface area contributed by atoms with E-state index in [1.165, 1.54) is 161 Å². The average Bonchev–Trinajstić information content (AvgIpc) is 3.30. The molecule has 6 heteroatoms. The number of hydrogen-bond acceptors (Lipinski definition) is 6. The maximum absolute atomic E-state index is 12.8. The van der Waals surface area contributed by atoms with Crippen LogP contribution in [0.4, 0.5) is 0 Å². The fraction of sp³-hybridized carbons (Fsp3) is 0.780. The van der Waals surface area contributed by atoms with Crippen molar-refractivity contribution in [3.05, 3.63) is 60.8 Å². The number of esters is 3. The van der Waals surface area contributed by atoms with Crippen LogP contribution in [0.25, 0.3) is 0 Å². The standard InChI is InChI=1S/C59H104O6/c1-4-7-10-13-16-19-22-25-27-28-29-30-32-35-38-41-44-47-50-53-59(62)65-56(54-63-57(60)51-48-45-42-39-36-33-24-21-18-15-12-9-6-3)55-64-58(61)52-49-46-43-40-37-34-31-26-23-20-17-14-11-8-5-2/h17,20-21,24-27,31,37,40,56H,4-16,18-19,22-23,28-30,32-36,38-39,41-55H2,1-3H3/b20-17-,24-21-,27-25-,31-26-,40-37-/t56-/m0/s1. The molecule has 0 aliphatic rings. The molecular weight excluding hydrogens is 805 g/mol. The lowest BCUT2D eigenvalue weighted by Gasteiger charge is -2.18. The third-order valence-corrected chi connectivity index (χ3v) is 12.0. The van der Waals surface area contributed by atoms with E-state index in [1.807, 2.05) is 0 Å². The normalized spacial score (nSPS) is 12.5. The number of hydrogen-bond donors (Lipinski definition) is 0. The van der Waals surface area contributed by atoms with Gasteiger partial charge in [-0.1, -0.05) is 210 Å². The third-order valence-electron chi connectivity index (χ3n) is 12.0. The van der Waals surface area contributed by atoms with E-state index in [1.54, 1.807) is 0 Å². The van der Waals surface area contributed by atoms with Crippen molar-refractivity contribution in [3.8, 4) is 0 Å². The minimum Gasteiger partial charge on any atom is -0.462 e. The first-order chi connectivity index (χ1) is 32.0.